The van der Waals surface area contributed by atoms with Crippen molar-refractivity contribution in [3.05, 3.63) is 17.9 Å². The smallest absolute Gasteiger partial charge is 0.249 e. The van der Waals surface area contributed by atoms with Crippen molar-refractivity contribution >= 4 is 21.6 Å². The molecule has 1 rings (SSSR count). The summed E-state index contributed by atoms with van der Waals surface area (Å²) in [4.78, 5) is 3.63. The summed E-state index contributed by atoms with van der Waals surface area (Å²) < 4.78 is 25.2. The lowest BCUT2D eigenvalue weighted by molar-refractivity contribution is 0.434. The van der Waals surface area contributed by atoms with Gasteiger partial charge in [-0.2, -0.15) is 9.40 Å². The van der Waals surface area contributed by atoms with E-state index in [1.165, 1.54) is 4.31 Å². The summed E-state index contributed by atoms with van der Waals surface area (Å²) in [5.41, 5.74) is 0. The molecule has 0 radical (unpaired) electrons. The second kappa shape index (κ2) is 5.42. The standard InChI is InChI=1S/C8H13ClN4O2S/c1-3-4-13(5-7(2)9)16(14,15)8-10-6-11-12-8/h6H,2-5H2,1H3,(H,10,11,12). The Morgan fingerprint density at radius 2 is 2.38 bits per heavy atom. The number of sulfonamides is 1. The fraction of sp³-hybridized carbons (Fsp3) is 0.500. The van der Waals surface area contributed by atoms with Crippen LogP contribution in [-0.4, -0.2) is 41.0 Å². The highest BCUT2D eigenvalue weighted by Crippen LogP contribution is 2.13. The molecule has 0 unspecified atom stereocenters. The SMILES string of the molecule is C=C(Cl)CN(CCC)S(=O)(=O)c1ncn[nH]1. The lowest BCUT2D eigenvalue weighted by atomic mass is 10.5. The van der Waals surface area contributed by atoms with Gasteiger partial charge in [-0.05, 0) is 6.42 Å². The Kier molecular flexibility index (Phi) is 4.45. The molecule has 6 nitrogen and oxygen atoms in total. The molecule has 0 bridgehead atoms. The van der Waals surface area contributed by atoms with E-state index in [0.717, 1.165) is 6.33 Å². The van der Waals surface area contributed by atoms with E-state index >= 15 is 0 Å². The van der Waals surface area contributed by atoms with Gasteiger partial charge in [-0.1, -0.05) is 25.1 Å². The van der Waals surface area contributed by atoms with Gasteiger partial charge in [0.05, 0.1) is 0 Å². The minimum absolute atomic E-state index is 0.0679. The highest BCUT2D eigenvalue weighted by molar-refractivity contribution is 7.88. The average Bonchev–Trinajstić information content (AvgIpc) is 2.69. The van der Waals surface area contributed by atoms with Gasteiger partial charge >= 0.3 is 0 Å². The van der Waals surface area contributed by atoms with Crippen molar-refractivity contribution in [2.24, 2.45) is 0 Å². The third-order valence-corrected chi connectivity index (χ3v) is 3.59. The van der Waals surface area contributed by atoms with E-state index in [1.54, 1.807) is 0 Å². The molecule has 0 saturated carbocycles. The van der Waals surface area contributed by atoms with Crippen LogP contribution < -0.4 is 0 Å². The van der Waals surface area contributed by atoms with Gasteiger partial charge in [-0.15, -0.1) is 0 Å². The Labute approximate surface area is 99.4 Å². The van der Waals surface area contributed by atoms with E-state index in [0.29, 0.717) is 13.0 Å². The van der Waals surface area contributed by atoms with E-state index in [9.17, 15) is 8.42 Å². The van der Waals surface area contributed by atoms with Gasteiger partial charge in [0, 0.05) is 18.1 Å². The van der Waals surface area contributed by atoms with Crippen molar-refractivity contribution in [3.63, 3.8) is 0 Å². The number of hydrogen-bond donors (Lipinski definition) is 1. The minimum atomic E-state index is -3.66. The fourth-order valence-corrected chi connectivity index (χ4v) is 2.72. The third-order valence-electron chi connectivity index (χ3n) is 1.80. The maximum absolute atomic E-state index is 12.0. The molecule has 8 heteroatoms. The number of hydrogen-bond acceptors (Lipinski definition) is 4. The molecule has 0 aliphatic rings. The predicted octanol–water partition coefficient (Wildman–Crippen LogP) is 0.958. The fourth-order valence-electron chi connectivity index (χ4n) is 1.17. The predicted molar refractivity (Wildman–Crippen MR) is 60.4 cm³/mol. The zero-order chi connectivity index (χ0) is 12.2. The van der Waals surface area contributed by atoms with Gasteiger partial charge in [0.25, 0.3) is 15.2 Å². The second-order valence-electron chi connectivity index (χ2n) is 3.15. The molecule has 0 saturated heterocycles. The highest BCUT2D eigenvalue weighted by atomic mass is 35.5. The number of rotatable bonds is 6. The summed E-state index contributed by atoms with van der Waals surface area (Å²) >= 11 is 5.63. The molecule has 90 valence electrons. The minimum Gasteiger partial charge on any atom is -0.249 e. The van der Waals surface area contributed by atoms with Crippen LogP contribution in [0.25, 0.3) is 0 Å². The van der Waals surface area contributed by atoms with Gasteiger partial charge in [-0.3, -0.25) is 0 Å². The molecule has 1 aromatic heterocycles. The first-order valence-corrected chi connectivity index (χ1v) is 6.49. The van der Waals surface area contributed by atoms with Crippen LogP contribution in [0.5, 0.6) is 0 Å². The van der Waals surface area contributed by atoms with Crippen LogP contribution >= 0.6 is 11.6 Å². The number of aromatic nitrogens is 3. The van der Waals surface area contributed by atoms with Crippen LogP contribution in [0, 0.1) is 0 Å². The van der Waals surface area contributed by atoms with E-state index in [2.05, 4.69) is 21.8 Å². The number of halogens is 1. The summed E-state index contributed by atoms with van der Waals surface area (Å²) in [5, 5.41) is 5.92. The van der Waals surface area contributed by atoms with E-state index < -0.39 is 10.0 Å². The Balaban J connectivity index is 2.97. The maximum atomic E-state index is 12.0. The van der Waals surface area contributed by atoms with E-state index in [4.69, 9.17) is 11.6 Å². The molecule has 0 amide bonds. The van der Waals surface area contributed by atoms with Crippen LogP contribution in [0.3, 0.4) is 0 Å². The molecule has 1 heterocycles. The van der Waals surface area contributed by atoms with Crippen LogP contribution in [-0.2, 0) is 10.0 Å². The first kappa shape index (κ1) is 13.1. The summed E-state index contributed by atoms with van der Waals surface area (Å²) in [6.07, 6.45) is 1.82. The summed E-state index contributed by atoms with van der Waals surface area (Å²) in [6.45, 7) is 5.78. The largest absolute Gasteiger partial charge is 0.278 e. The van der Waals surface area contributed by atoms with Gasteiger partial charge in [0.15, 0.2) is 0 Å². The van der Waals surface area contributed by atoms with E-state index in [-0.39, 0.29) is 16.7 Å². The molecular formula is C8H13ClN4O2S. The first-order chi connectivity index (χ1) is 7.48. The highest BCUT2D eigenvalue weighted by Gasteiger charge is 2.26. The molecule has 0 aromatic carbocycles. The summed E-state index contributed by atoms with van der Waals surface area (Å²) in [7, 11) is -3.66. The van der Waals surface area contributed by atoms with Crippen molar-refractivity contribution in [3.8, 4) is 0 Å². The molecule has 0 aliphatic heterocycles. The topological polar surface area (TPSA) is 79.0 Å². The quantitative estimate of drug-likeness (QED) is 0.830. The van der Waals surface area contributed by atoms with Crippen molar-refractivity contribution < 1.29 is 8.42 Å². The van der Waals surface area contributed by atoms with Crippen molar-refractivity contribution in [2.75, 3.05) is 13.1 Å². The number of nitrogens with zero attached hydrogens (tertiary/aromatic N) is 3. The summed E-state index contributed by atoms with van der Waals surface area (Å²) in [6, 6.07) is 0. The molecule has 0 spiro atoms. The number of nitrogens with one attached hydrogen (secondary N) is 1. The van der Waals surface area contributed by atoms with Crippen molar-refractivity contribution in [1.82, 2.24) is 19.5 Å². The molecule has 16 heavy (non-hydrogen) atoms. The molecule has 1 N–H and O–H groups in total. The number of H-pyrrole nitrogens is 1. The first-order valence-electron chi connectivity index (χ1n) is 4.67. The molecule has 0 fully saturated rings. The van der Waals surface area contributed by atoms with Crippen LogP contribution in [0.1, 0.15) is 13.3 Å². The van der Waals surface area contributed by atoms with Crippen molar-refractivity contribution in [1.29, 1.82) is 0 Å². The van der Waals surface area contributed by atoms with Crippen LogP contribution in [0.15, 0.2) is 23.1 Å². The van der Waals surface area contributed by atoms with Crippen LogP contribution in [0.4, 0.5) is 0 Å². The van der Waals surface area contributed by atoms with Gasteiger partial charge in [-0.25, -0.2) is 18.5 Å². The monoisotopic (exact) mass is 264 g/mol. The molecule has 1 aromatic rings. The third kappa shape index (κ3) is 3.03. The lowest BCUT2D eigenvalue weighted by Gasteiger charge is -2.18. The van der Waals surface area contributed by atoms with Crippen LogP contribution in [0.2, 0.25) is 0 Å². The van der Waals surface area contributed by atoms with Gasteiger partial charge < -0.3 is 0 Å². The Bertz CT molecular complexity index is 443. The zero-order valence-corrected chi connectivity index (χ0v) is 10.4. The maximum Gasteiger partial charge on any atom is 0.278 e. The normalized spacial score (nSPS) is 11.9. The number of aromatic amines is 1. The second-order valence-corrected chi connectivity index (χ2v) is 5.53. The Morgan fingerprint density at radius 3 is 2.81 bits per heavy atom. The van der Waals surface area contributed by atoms with Gasteiger partial charge in [0.1, 0.15) is 6.33 Å². The average molecular weight is 265 g/mol. The zero-order valence-electron chi connectivity index (χ0n) is 8.85. The molecule has 0 atom stereocenters. The Hall–Kier alpha value is -0.920. The van der Waals surface area contributed by atoms with E-state index in [1.807, 2.05) is 6.92 Å². The van der Waals surface area contributed by atoms with Gasteiger partial charge in [0.2, 0.25) is 0 Å². The van der Waals surface area contributed by atoms with Crippen molar-refractivity contribution in [2.45, 2.75) is 18.5 Å². The lowest BCUT2D eigenvalue weighted by Crippen LogP contribution is -2.33. The molecule has 0 aliphatic carbocycles. The summed E-state index contributed by atoms with van der Waals surface area (Å²) in [5.74, 6) is 0. The molecular weight excluding hydrogens is 252 g/mol. The Morgan fingerprint density at radius 1 is 1.69 bits per heavy atom.